The van der Waals surface area contributed by atoms with Crippen molar-refractivity contribution in [3.8, 4) is 5.75 Å². The van der Waals surface area contributed by atoms with Crippen molar-refractivity contribution in [2.75, 3.05) is 45.9 Å². The molecule has 1 aromatic rings. The highest BCUT2D eigenvalue weighted by Gasteiger charge is 2.14. The van der Waals surface area contributed by atoms with E-state index in [2.05, 4.69) is 32.7 Å². The normalized spacial score (nSPS) is 15.1. The largest absolute Gasteiger partial charge is 0.494 e. The molecule has 2 rings (SSSR count). The first-order chi connectivity index (χ1) is 11.9. The van der Waals surface area contributed by atoms with E-state index in [9.17, 15) is 0 Å². The van der Waals surface area contributed by atoms with Crippen molar-refractivity contribution < 1.29 is 24.5 Å². The first-order valence-electron chi connectivity index (χ1n) is 8.21. The summed E-state index contributed by atoms with van der Waals surface area (Å²) in [5.74, 6) is -2.69. The second kappa shape index (κ2) is 11.8. The molecule has 0 spiro atoms. The second-order valence-corrected chi connectivity index (χ2v) is 6.46. The molecular weight excluding hydrogens is 392 g/mol. The fourth-order valence-electron chi connectivity index (χ4n) is 2.34. The Bertz CT molecular complexity index is 518. The van der Waals surface area contributed by atoms with Gasteiger partial charge in [0.15, 0.2) is 0 Å². The number of carboxylic acids is 2. The van der Waals surface area contributed by atoms with E-state index in [-0.39, 0.29) is 0 Å². The Morgan fingerprint density at radius 2 is 1.56 bits per heavy atom. The minimum atomic E-state index is -1.82. The smallest absolute Gasteiger partial charge is 0.414 e. The van der Waals surface area contributed by atoms with Crippen LogP contribution in [0.5, 0.6) is 5.75 Å². The Morgan fingerprint density at radius 3 is 2.04 bits per heavy atom. The fraction of sp³-hybridized carbons (Fsp3) is 0.529. The topological polar surface area (TPSA) is 90.3 Å². The number of rotatable bonds is 6. The summed E-state index contributed by atoms with van der Waals surface area (Å²) in [5, 5.41) is 14.8. The van der Waals surface area contributed by atoms with Gasteiger partial charge in [0.25, 0.3) is 0 Å². The molecule has 0 unspecified atom stereocenters. The van der Waals surface area contributed by atoms with E-state index in [0.717, 1.165) is 29.8 Å². The molecule has 8 heteroatoms. The molecule has 1 heterocycles. The minimum absolute atomic E-state index is 0.801. The summed E-state index contributed by atoms with van der Waals surface area (Å²) in [6, 6.07) is 8.03. The zero-order valence-corrected chi connectivity index (χ0v) is 15.9. The number of nitrogens with zero attached hydrogens (tertiary/aromatic N) is 2. The quantitative estimate of drug-likeness (QED) is 0.541. The summed E-state index contributed by atoms with van der Waals surface area (Å²) in [4.78, 5) is 23.2. The molecule has 1 aromatic carbocycles. The van der Waals surface area contributed by atoms with E-state index in [4.69, 9.17) is 24.5 Å². The Morgan fingerprint density at radius 1 is 1.04 bits per heavy atom. The maximum Gasteiger partial charge on any atom is 0.414 e. The zero-order chi connectivity index (χ0) is 18.7. The maximum atomic E-state index is 9.10. The molecule has 1 aliphatic rings. The fourth-order valence-corrected chi connectivity index (χ4v) is 2.60. The van der Waals surface area contributed by atoms with Crippen LogP contribution in [-0.4, -0.2) is 77.8 Å². The van der Waals surface area contributed by atoms with Gasteiger partial charge in [0.1, 0.15) is 5.75 Å². The number of benzene rings is 1. The van der Waals surface area contributed by atoms with Crippen LogP contribution < -0.4 is 4.74 Å². The van der Waals surface area contributed by atoms with Crippen LogP contribution in [0.25, 0.3) is 0 Å². The van der Waals surface area contributed by atoms with Crippen molar-refractivity contribution in [3.63, 3.8) is 0 Å². The van der Waals surface area contributed by atoms with Gasteiger partial charge in [-0.2, -0.15) is 0 Å². The minimum Gasteiger partial charge on any atom is -0.494 e. The van der Waals surface area contributed by atoms with Crippen molar-refractivity contribution in [1.29, 1.82) is 0 Å². The van der Waals surface area contributed by atoms with Gasteiger partial charge in [0, 0.05) is 37.2 Å². The number of carboxylic acid groups (broad SMARTS) is 2. The summed E-state index contributed by atoms with van der Waals surface area (Å²) in [7, 11) is 0. The number of piperazine rings is 1. The number of halogens is 1. The van der Waals surface area contributed by atoms with Crippen LogP contribution in [0.2, 0.25) is 0 Å². The van der Waals surface area contributed by atoms with Crippen LogP contribution in [-0.2, 0) is 9.59 Å². The molecule has 25 heavy (non-hydrogen) atoms. The summed E-state index contributed by atoms with van der Waals surface area (Å²) in [6.45, 7) is 10.2. The van der Waals surface area contributed by atoms with E-state index in [1.807, 2.05) is 24.3 Å². The molecule has 0 aromatic heterocycles. The third-order valence-electron chi connectivity index (χ3n) is 3.80. The van der Waals surface area contributed by atoms with E-state index in [1.165, 1.54) is 32.7 Å². The summed E-state index contributed by atoms with van der Waals surface area (Å²) < 4.78 is 6.83. The Hall–Kier alpha value is -1.64. The average molecular weight is 417 g/mol. The summed E-state index contributed by atoms with van der Waals surface area (Å²) in [5.41, 5.74) is 0. The van der Waals surface area contributed by atoms with Gasteiger partial charge in [-0.1, -0.05) is 22.9 Å². The van der Waals surface area contributed by atoms with Gasteiger partial charge in [0.05, 0.1) is 6.61 Å². The predicted molar refractivity (Wildman–Crippen MR) is 98.1 cm³/mol. The number of likely N-dealkylation sites (N-methyl/N-ethyl adjacent to an activating group) is 1. The molecule has 0 amide bonds. The van der Waals surface area contributed by atoms with Crippen LogP contribution in [0.3, 0.4) is 0 Å². The molecule has 0 saturated carbocycles. The average Bonchev–Trinajstić information content (AvgIpc) is 2.61. The van der Waals surface area contributed by atoms with Gasteiger partial charge in [-0.05, 0) is 37.2 Å². The SMILES string of the molecule is CCN1CCN(CCCOc2ccc(Br)cc2)CC1.O=C(O)C(=O)O. The molecule has 0 aliphatic carbocycles. The van der Waals surface area contributed by atoms with Gasteiger partial charge in [0.2, 0.25) is 0 Å². The predicted octanol–water partition coefficient (Wildman–Crippen LogP) is 2.01. The van der Waals surface area contributed by atoms with Crippen molar-refractivity contribution in [3.05, 3.63) is 28.7 Å². The zero-order valence-electron chi connectivity index (χ0n) is 14.4. The molecular formula is C17H25BrN2O5. The highest BCUT2D eigenvalue weighted by Crippen LogP contribution is 2.16. The van der Waals surface area contributed by atoms with Gasteiger partial charge < -0.3 is 24.7 Å². The van der Waals surface area contributed by atoms with E-state index in [0.29, 0.717) is 0 Å². The van der Waals surface area contributed by atoms with Crippen LogP contribution in [0.15, 0.2) is 28.7 Å². The standard InChI is InChI=1S/C15H23BrN2O.C2H2O4/c1-2-17-9-11-18(12-10-17)8-3-13-19-15-6-4-14(16)5-7-15;3-1(4)2(5)6/h4-7H,2-3,8-13H2,1H3;(H,3,4)(H,5,6). The molecule has 1 saturated heterocycles. The molecule has 0 bridgehead atoms. The number of hydrogen-bond acceptors (Lipinski definition) is 5. The van der Waals surface area contributed by atoms with Crippen LogP contribution in [0.4, 0.5) is 0 Å². The number of aliphatic carboxylic acids is 2. The van der Waals surface area contributed by atoms with Crippen molar-refractivity contribution in [2.24, 2.45) is 0 Å². The first-order valence-corrected chi connectivity index (χ1v) is 9.01. The second-order valence-electron chi connectivity index (χ2n) is 5.54. The van der Waals surface area contributed by atoms with Crippen LogP contribution in [0, 0.1) is 0 Å². The van der Waals surface area contributed by atoms with Crippen molar-refractivity contribution >= 4 is 27.9 Å². The third-order valence-corrected chi connectivity index (χ3v) is 4.32. The summed E-state index contributed by atoms with van der Waals surface area (Å²) in [6.07, 6.45) is 1.10. The lowest BCUT2D eigenvalue weighted by molar-refractivity contribution is -0.159. The van der Waals surface area contributed by atoms with E-state index < -0.39 is 11.9 Å². The molecule has 0 atom stereocenters. The molecule has 2 N–H and O–H groups in total. The van der Waals surface area contributed by atoms with Crippen molar-refractivity contribution in [1.82, 2.24) is 9.80 Å². The summed E-state index contributed by atoms with van der Waals surface area (Å²) >= 11 is 3.42. The van der Waals surface area contributed by atoms with Gasteiger partial charge >= 0.3 is 11.9 Å². The maximum absolute atomic E-state index is 9.10. The highest BCUT2D eigenvalue weighted by molar-refractivity contribution is 9.10. The number of ether oxygens (including phenoxy) is 1. The Kier molecular flexibility index (Phi) is 10.1. The highest BCUT2D eigenvalue weighted by atomic mass is 79.9. The molecule has 7 nitrogen and oxygen atoms in total. The van der Waals surface area contributed by atoms with Crippen molar-refractivity contribution in [2.45, 2.75) is 13.3 Å². The Labute approximate surface area is 156 Å². The number of hydrogen-bond donors (Lipinski definition) is 2. The van der Waals surface area contributed by atoms with Gasteiger partial charge in [-0.3, -0.25) is 0 Å². The van der Waals surface area contributed by atoms with E-state index in [1.54, 1.807) is 0 Å². The van der Waals surface area contributed by atoms with Crippen LogP contribution >= 0.6 is 15.9 Å². The monoisotopic (exact) mass is 416 g/mol. The van der Waals surface area contributed by atoms with Crippen LogP contribution in [0.1, 0.15) is 13.3 Å². The van der Waals surface area contributed by atoms with Gasteiger partial charge in [-0.15, -0.1) is 0 Å². The lowest BCUT2D eigenvalue weighted by atomic mass is 10.3. The third kappa shape index (κ3) is 9.42. The molecule has 1 aliphatic heterocycles. The molecule has 140 valence electrons. The first kappa shape index (κ1) is 21.4. The molecule has 0 radical (unpaired) electrons. The number of carbonyl (C=O) groups is 2. The lowest BCUT2D eigenvalue weighted by Crippen LogP contribution is -2.46. The Balaban J connectivity index is 0.000000450. The van der Waals surface area contributed by atoms with E-state index >= 15 is 0 Å². The van der Waals surface area contributed by atoms with Gasteiger partial charge in [-0.25, -0.2) is 9.59 Å². The molecule has 1 fully saturated rings. The lowest BCUT2D eigenvalue weighted by Gasteiger charge is -2.33.